The number of hydrogen-bond donors (Lipinski definition) is 0. The van der Waals surface area contributed by atoms with E-state index in [2.05, 4.69) is 10.3 Å². The number of oxime groups is 2. The molecule has 0 aromatic carbocycles. The Hall–Kier alpha value is -1.47. The molecule has 0 bridgehead atoms. The van der Waals surface area contributed by atoms with Crippen LogP contribution in [0.5, 0.6) is 0 Å². The van der Waals surface area contributed by atoms with Crippen LogP contribution < -0.4 is 0 Å². The summed E-state index contributed by atoms with van der Waals surface area (Å²) in [5, 5.41) is 8.06. The van der Waals surface area contributed by atoms with Crippen LogP contribution in [0.4, 0.5) is 0 Å². The Bertz CT molecular complexity index is 526. The summed E-state index contributed by atoms with van der Waals surface area (Å²) < 4.78 is 11.3. The lowest BCUT2D eigenvalue weighted by Crippen LogP contribution is -2.32. The average Bonchev–Trinajstić information content (AvgIpc) is 3.21. The zero-order valence-corrected chi connectivity index (χ0v) is 12.6. The normalized spacial score (nSPS) is 39.7. The molecule has 4 aliphatic rings. The Labute approximate surface area is 128 Å². The number of carbonyl (C=O) groups excluding carboxylic acids is 1. The topological polar surface area (TPSA) is 78.7 Å². The fourth-order valence-electron chi connectivity index (χ4n) is 3.64. The molecule has 4 rings (SSSR count). The maximum atomic E-state index is 12.7. The van der Waals surface area contributed by atoms with Crippen molar-refractivity contribution in [3.05, 3.63) is 0 Å². The summed E-state index contributed by atoms with van der Waals surface area (Å²) >= 11 is 0. The first-order chi connectivity index (χ1) is 10.8. The molecular formula is C15H20N2O5. The highest BCUT2D eigenvalue weighted by Crippen LogP contribution is 2.41. The number of nitrogens with zero attached hydrogens (tertiary/aromatic N) is 2. The molecule has 22 heavy (non-hydrogen) atoms. The van der Waals surface area contributed by atoms with Crippen molar-refractivity contribution in [1.82, 2.24) is 0 Å². The van der Waals surface area contributed by atoms with Crippen LogP contribution in [-0.4, -0.2) is 48.9 Å². The summed E-state index contributed by atoms with van der Waals surface area (Å²) in [5.41, 5.74) is 1.46. The number of ketones is 1. The molecule has 0 aromatic heterocycles. The zero-order chi connectivity index (χ0) is 15.1. The second-order valence-electron chi connectivity index (χ2n) is 6.12. The largest absolute Gasteiger partial charge is 0.387 e. The van der Waals surface area contributed by atoms with E-state index in [0.29, 0.717) is 12.1 Å². The van der Waals surface area contributed by atoms with Crippen LogP contribution in [0.2, 0.25) is 0 Å². The first-order valence-electron chi connectivity index (χ1n) is 8.01. The molecule has 1 aliphatic carbocycles. The highest BCUT2D eigenvalue weighted by Gasteiger charge is 2.61. The van der Waals surface area contributed by atoms with Gasteiger partial charge in [0.2, 0.25) is 0 Å². The molecule has 5 atom stereocenters. The summed E-state index contributed by atoms with van der Waals surface area (Å²) in [4.78, 5) is 23.6. The lowest BCUT2D eigenvalue weighted by molar-refractivity contribution is -0.153. The van der Waals surface area contributed by atoms with Crippen LogP contribution in [0.3, 0.4) is 0 Å². The molecule has 0 N–H and O–H groups in total. The number of carbonyl (C=O) groups is 1. The lowest BCUT2D eigenvalue weighted by Gasteiger charge is -2.22. The predicted octanol–water partition coefficient (Wildman–Crippen LogP) is 1.26. The van der Waals surface area contributed by atoms with Crippen LogP contribution in [-0.2, 0) is 23.9 Å². The number of rotatable bonds is 4. The third kappa shape index (κ3) is 2.14. The van der Waals surface area contributed by atoms with Crippen molar-refractivity contribution in [2.45, 2.75) is 51.1 Å². The SMILES string of the molecule is CCC1=NO[C@@H]2[C@H]1C(=O)[C@H]1C(COC3CCCCO3)=NO[C@H]12. The van der Waals surface area contributed by atoms with Crippen molar-refractivity contribution in [3.8, 4) is 0 Å². The lowest BCUT2D eigenvalue weighted by atomic mass is 9.94. The summed E-state index contributed by atoms with van der Waals surface area (Å²) in [7, 11) is 0. The molecule has 120 valence electrons. The van der Waals surface area contributed by atoms with Gasteiger partial charge in [-0.25, -0.2) is 0 Å². The molecular weight excluding hydrogens is 288 g/mol. The van der Waals surface area contributed by atoms with Crippen LogP contribution >= 0.6 is 0 Å². The maximum Gasteiger partial charge on any atom is 0.183 e. The van der Waals surface area contributed by atoms with Gasteiger partial charge in [-0.1, -0.05) is 17.2 Å². The van der Waals surface area contributed by atoms with Crippen molar-refractivity contribution in [2.75, 3.05) is 13.2 Å². The summed E-state index contributed by atoms with van der Waals surface area (Å²) in [5.74, 6) is -0.551. The third-order valence-corrected chi connectivity index (χ3v) is 4.81. The van der Waals surface area contributed by atoms with Gasteiger partial charge >= 0.3 is 0 Å². The fourth-order valence-corrected chi connectivity index (χ4v) is 3.64. The smallest absolute Gasteiger partial charge is 0.183 e. The predicted molar refractivity (Wildman–Crippen MR) is 76.4 cm³/mol. The molecule has 7 nitrogen and oxygen atoms in total. The molecule has 2 fully saturated rings. The minimum Gasteiger partial charge on any atom is -0.387 e. The van der Waals surface area contributed by atoms with Crippen molar-refractivity contribution >= 4 is 17.2 Å². The van der Waals surface area contributed by atoms with Crippen molar-refractivity contribution in [3.63, 3.8) is 0 Å². The molecule has 7 heteroatoms. The van der Waals surface area contributed by atoms with E-state index >= 15 is 0 Å². The first kappa shape index (κ1) is 14.1. The van der Waals surface area contributed by atoms with E-state index in [4.69, 9.17) is 19.1 Å². The van der Waals surface area contributed by atoms with Gasteiger partial charge in [0.15, 0.2) is 24.3 Å². The standard InChI is InChI=1S/C15H20N2O5/c1-2-8-11-13(18)12-9(7-20-10-5-3-4-6-19-10)17-22-15(12)14(11)21-16-8/h10-12,14-15H,2-7H2,1H3/t10?,11-,12-,14-,15-/m1/s1. The summed E-state index contributed by atoms with van der Waals surface area (Å²) in [6, 6.07) is 0. The van der Waals surface area contributed by atoms with Gasteiger partial charge in [-0.2, -0.15) is 0 Å². The van der Waals surface area contributed by atoms with Crippen LogP contribution in [0.1, 0.15) is 32.6 Å². The molecule has 1 saturated carbocycles. The van der Waals surface area contributed by atoms with E-state index in [0.717, 1.165) is 31.6 Å². The molecule has 3 aliphatic heterocycles. The number of hydrogen-bond acceptors (Lipinski definition) is 7. The van der Waals surface area contributed by atoms with E-state index in [1.165, 1.54) is 0 Å². The Kier molecular flexibility index (Phi) is 3.62. The number of fused-ring (bicyclic) bond motifs is 3. The quantitative estimate of drug-likeness (QED) is 0.781. The van der Waals surface area contributed by atoms with Gasteiger partial charge in [0.1, 0.15) is 11.8 Å². The fraction of sp³-hybridized carbons (Fsp3) is 0.800. The van der Waals surface area contributed by atoms with E-state index in [1.54, 1.807) is 0 Å². The zero-order valence-electron chi connectivity index (χ0n) is 12.6. The second-order valence-corrected chi connectivity index (χ2v) is 6.12. The van der Waals surface area contributed by atoms with Crippen LogP contribution in [0.15, 0.2) is 10.3 Å². The first-order valence-corrected chi connectivity index (χ1v) is 8.01. The summed E-state index contributed by atoms with van der Waals surface area (Å²) in [6.45, 7) is 2.98. The molecule has 0 spiro atoms. The van der Waals surface area contributed by atoms with Gasteiger partial charge in [-0.15, -0.1) is 0 Å². The van der Waals surface area contributed by atoms with Gasteiger partial charge < -0.3 is 19.1 Å². The van der Waals surface area contributed by atoms with Gasteiger partial charge in [0.05, 0.1) is 18.0 Å². The van der Waals surface area contributed by atoms with E-state index in [9.17, 15) is 4.79 Å². The minimum atomic E-state index is -0.365. The summed E-state index contributed by atoms with van der Waals surface area (Å²) in [6.07, 6.45) is 2.88. The average molecular weight is 308 g/mol. The minimum absolute atomic E-state index is 0.0949. The van der Waals surface area contributed by atoms with Gasteiger partial charge in [0.25, 0.3) is 0 Å². The second kappa shape index (κ2) is 5.62. The van der Waals surface area contributed by atoms with Crippen molar-refractivity contribution in [1.29, 1.82) is 0 Å². The Morgan fingerprint density at radius 1 is 1.14 bits per heavy atom. The molecule has 0 radical (unpaired) electrons. The Morgan fingerprint density at radius 2 is 1.86 bits per heavy atom. The van der Waals surface area contributed by atoms with E-state index in [1.807, 2.05) is 6.92 Å². The highest BCUT2D eigenvalue weighted by molar-refractivity contribution is 6.18. The molecule has 1 unspecified atom stereocenters. The highest BCUT2D eigenvalue weighted by atomic mass is 16.7. The van der Waals surface area contributed by atoms with Crippen LogP contribution in [0.25, 0.3) is 0 Å². The van der Waals surface area contributed by atoms with Gasteiger partial charge in [-0.05, 0) is 25.7 Å². The maximum absolute atomic E-state index is 12.7. The third-order valence-electron chi connectivity index (χ3n) is 4.81. The molecule has 3 heterocycles. The number of Topliss-reactive ketones (excluding diaryl/α,β-unsaturated/α-hetero) is 1. The molecule has 0 amide bonds. The van der Waals surface area contributed by atoms with E-state index < -0.39 is 0 Å². The van der Waals surface area contributed by atoms with E-state index in [-0.39, 0.29) is 42.7 Å². The van der Waals surface area contributed by atoms with Crippen molar-refractivity contribution < 1.29 is 23.9 Å². The Balaban J connectivity index is 1.42. The van der Waals surface area contributed by atoms with Crippen LogP contribution in [0, 0.1) is 11.8 Å². The number of ether oxygens (including phenoxy) is 2. The van der Waals surface area contributed by atoms with Crippen molar-refractivity contribution in [2.24, 2.45) is 22.1 Å². The molecule has 1 saturated heterocycles. The Morgan fingerprint density at radius 3 is 2.55 bits per heavy atom. The molecule has 0 aromatic rings. The van der Waals surface area contributed by atoms with Gasteiger partial charge in [0, 0.05) is 6.61 Å². The monoisotopic (exact) mass is 308 g/mol. The van der Waals surface area contributed by atoms with Gasteiger partial charge in [-0.3, -0.25) is 4.79 Å².